The first-order chi connectivity index (χ1) is 8.61. The summed E-state index contributed by atoms with van der Waals surface area (Å²) < 4.78 is 6.44. The number of aliphatic hydroxyl groups is 1. The number of benzene rings is 1. The summed E-state index contributed by atoms with van der Waals surface area (Å²) in [6, 6.07) is 6.08. The average molecular weight is 314 g/mol. The van der Waals surface area contributed by atoms with Gasteiger partial charge in [-0.2, -0.15) is 0 Å². The van der Waals surface area contributed by atoms with E-state index in [4.69, 9.17) is 4.74 Å². The van der Waals surface area contributed by atoms with Crippen LogP contribution in [0.15, 0.2) is 22.7 Å². The molecule has 3 nitrogen and oxygen atoms in total. The van der Waals surface area contributed by atoms with E-state index >= 15 is 0 Å². The minimum absolute atomic E-state index is 0.400. The van der Waals surface area contributed by atoms with Crippen LogP contribution in [0.1, 0.15) is 31.4 Å². The normalized spacial score (nSPS) is 19.0. The highest BCUT2D eigenvalue weighted by molar-refractivity contribution is 9.10. The maximum absolute atomic E-state index is 9.57. The van der Waals surface area contributed by atoms with E-state index in [9.17, 15) is 5.11 Å². The van der Waals surface area contributed by atoms with Gasteiger partial charge in [0.05, 0.1) is 17.9 Å². The van der Waals surface area contributed by atoms with E-state index < -0.39 is 6.10 Å². The molecule has 1 fully saturated rings. The van der Waals surface area contributed by atoms with Crippen LogP contribution in [0, 0.1) is 0 Å². The Hall–Kier alpha value is -0.580. The first-order valence-electron chi connectivity index (χ1n) is 6.37. The summed E-state index contributed by atoms with van der Waals surface area (Å²) in [6.07, 6.45) is 2.12. The van der Waals surface area contributed by atoms with Gasteiger partial charge in [0.1, 0.15) is 0 Å². The minimum Gasteiger partial charge on any atom is -0.389 e. The number of anilines is 1. The second-order valence-electron chi connectivity index (χ2n) is 4.81. The number of ether oxygens (including phenoxy) is 1. The van der Waals surface area contributed by atoms with E-state index in [1.54, 1.807) is 14.0 Å². The Morgan fingerprint density at radius 2 is 2.06 bits per heavy atom. The molecule has 100 valence electrons. The van der Waals surface area contributed by atoms with Crippen molar-refractivity contribution in [2.24, 2.45) is 0 Å². The first kappa shape index (κ1) is 13.8. The number of piperidine rings is 1. The zero-order chi connectivity index (χ0) is 13.1. The third-order valence-corrected chi connectivity index (χ3v) is 4.21. The molecule has 0 aliphatic carbocycles. The number of hydrogen-bond acceptors (Lipinski definition) is 3. The van der Waals surface area contributed by atoms with Crippen molar-refractivity contribution in [3.8, 4) is 0 Å². The van der Waals surface area contributed by atoms with Gasteiger partial charge in [-0.05, 0) is 53.4 Å². The molecule has 1 aromatic carbocycles. The predicted octanol–water partition coefficient (Wildman–Crippen LogP) is 3.12. The molecule has 0 saturated carbocycles. The number of rotatable bonds is 3. The Morgan fingerprint density at radius 1 is 1.39 bits per heavy atom. The van der Waals surface area contributed by atoms with Crippen molar-refractivity contribution < 1.29 is 9.84 Å². The molecule has 0 bridgehead atoms. The monoisotopic (exact) mass is 313 g/mol. The standard InChI is InChI=1S/C14H20BrNO2/c1-10(17)11-3-4-14(13(15)9-11)16-7-5-12(18-2)6-8-16/h3-4,9-10,12,17H,5-8H2,1-2H3. The van der Waals surface area contributed by atoms with Crippen molar-refractivity contribution in [3.63, 3.8) is 0 Å². The molecule has 0 spiro atoms. The maximum Gasteiger partial charge on any atom is 0.0762 e. The third-order valence-electron chi connectivity index (χ3n) is 3.57. The average Bonchev–Trinajstić information content (AvgIpc) is 2.38. The van der Waals surface area contributed by atoms with Gasteiger partial charge in [0.15, 0.2) is 0 Å². The van der Waals surface area contributed by atoms with Crippen molar-refractivity contribution in [3.05, 3.63) is 28.2 Å². The topological polar surface area (TPSA) is 32.7 Å². The van der Waals surface area contributed by atoms with Crippen molar-refractivity contribution in [1.82, 2.24) is 0 Å². The highest BCUT2D eigenvalue weighted by Crippen LogP contribution is 2.31. The van der Waals surface area contributed by atoms with Gasteiger partial charge in [0, 0.05) is 24.7 Å². The molecule has 0 aromatic heterocycles. The first-order valence-corrected chi connectivity index (χ1v) is 7.16. The van der Waals surface area contributed by atoms with Gasteiger partial charge in [-0.3, -0.25) is 0 Å². The van der Waals surface area contributed by atoms with Gasteiger partial charge >= 0.3 is 0 Å². The van der Waals surface area contributed by atoms with Crippen LogP contribution >= 0.6 is 15.9 Å². The maximum atomic E-state index is 9.57. The largest absolute Gasteiger partial charge is 0.389 e. The molecular formula is C14H20BrNO2. The number of aliphatic hydroxyl groups excluding tert-OH is 1. The SMILES string of the molecule is COC1CCN(c2ccc(C(C)O)cc2Br)CC1. The lowest BCUT2D eigenvalue weighted by Gasteiger charge is -2.33. The molecule has 1 aliphatic rings. The second-order valence-corrected chi connectivity index (χ2v) is 5.66. The van der Waals surface area contributed by atoms with E-state index in [0.29, 0.717) is 6.10 Å². The lowest BCUT2D eigenvalue weighted by molar-refractivity contribution is 0.0819. The lowest BCUT2D eigenvalue weighted by atomic mass is 10.1. The quantitative estimate of drug-likeness (QED) is 0.930. The zero-order valence-electron chi connectivity index (χ0n) is 10.9. The smallest absolute Gasteiger partial charge is 0.0762 e. The molecule has 18 heavy (non-hydrogen) atoms. The third kappa shape index (κ3) is 3.05. The van der Waals surface area contributed by atoms with Crippen LogP contribution in [0.3, 0.4) is 0 Å². The fraction of sp³-hybridized carbons (Fsp3) is 0.571. The Morgan fingerprint density at radius 3 is 2.56 bits per heavy atom. The summed E-state index contributed by atoms with van der Waals surface area (Å²) >= 11 is 3.60. The van der Waals surface area contributed by atoms with Crippen molar-refractivity contribution in [2.45, 2.75) is 32.0 Å². The molecule has 0 amide bonds. The van der Waals surface area contributed by atoms with Gasteiger partial charge < -0.3 is 14.7 Å². The van der Waals surface area contributed by atoms with Crippen LogP contribution in [0.25, 0.3) is 0 Å². The summed E-state index contributed by atoms with van der Waals surface area (Å²) in [6.45, 7) is 3.82. The van der Waals surface area contributed by atoms with Gasteiger partial charge in [0.25, 0.3) is 0 Å². The highest BCUT2D eigenvalue weighted by Gasteiger charge is 2.20. The second kappa shape index (κ2) is 6.04. The Balaban J connectivity index is 2.10. The highest BCUT2D eigenvalue weighted by atomic mass is 79.9. The minimum atomic E-state index is -0.422. The van der Waals surface area contributed by atoms with E-state index in [-0.39, 0.29) is 0 Å². The van der Waals surface area contributed by atoms with E-state index in [2.05, 4.69) is 26.9 Å². The molecule has 4 heteroatoms. The van der Waals surface area contributed by atoms with Crippen LogP contribution in [0.5, 0.6) is 0 Å². The molecule has 1 aliphatic heterocycles. The molecule has 1 N–H and O–H groups in total. The van der Waals surface area contributed by atoms with Gasteiger partial charge in [0.2, 0.25) is 0 Å². The van der Waals surface area contributed by atoms with Crippen LogP contribution in [-0.2, 0) is 4.74 Å². The van der Waals surface area contributed by atoms with Gasteiger partial charge in [-0.15, -0.1) is 0 Å². The Labute approximate surface area is 117 Å². The molecular weight excluding hydrogens is 294 g/mol. The van der Waals surface area contributed by atoms with Gasteiger partial charge in [-0.25, -0.2) is 0 Å². The van der Waals surface area contributed by atoms with Crippen molar-refractivity contribution >= 4 is 21.6 Å². The predicted molar refractivity (Wildman–Crippen MR) is 77.0 cm³/mol. The molecule has 1 saturated heterocycles. The van der Waals surface area contributed by atoms with Gasteiger partial charge in [-0.1, -0.05) is 6.07 Å². The number of hydrogen-bond donors (Lipinski definition) is 1. The number of halogens is 1. The van der Waals surface area contributed by atoms with Crippen LogP contribution < -0.4 is 4.90 Å². The Kier molecular flexibility index (Phi) is 4.65. The molecule has 1 unspecified atom stereocenters. The van der Waals surface area contributed by atoms with Crippen LogP contribution in [0.2, 0.25) is 0 Å². The molecule has 0 radical (unpaired) electrons. The molecule has 1 atom stereocenters. The fourth-order valence-corrected chi connectivity index (χ4v) is 3.02. The summed E-state index contributed by atoms with van der Waals surface area (Å²) in [5.41, 5.74) is 2.14. The zero-order valence-corrected chi connectivity index (χ0v) is 12.5. The summed E-state index contributed by atoms with van der Waals surface area (Å²) in [7, 11) is 1.79. The van der Waals surface area contributed by atoms with E-state index in [0.717, 1.165) is 36.0 Å². The summed E-state index contributed by atoms with van der Waals surface area (Å²) in [5.74, 6) is 0. The molecule has 1 aromatic rings. The van der Waals surface area contributed by atoms with E-state index in [1.165, 1.54) is 5.69 Å². The number of nitrogens with zero attached hydrogens (tertiary/aromatic N) is 1. The van der Waals surface area contributed by atoms with Crippen molar-refractivity contribution in [2.75, 3.05) is 25.1 Å². The molecule has 2 rings (SSSR count). The van der Waals surface area contributed by atoms with Crippen LogP contribution in [-0.4, -0.2) is 31.4 Å². The van der Waals surface area contributed by atoms with Crippen LogP contribution in [0.4, 0.5) is 5.69 Å². The number of methoxy groups -OCH3 is 1. The molecule has 1 heterocycles. The van der Waals surface area contributed by atoms with Crippen molar-refractivity contribution in [1.29, 1.82) is 0 Å². The fourth-order valence-electron chi connectivity index (χ4n) is 2.37. The summed E-state index contributed by atoms with van der Waals surface area (Å²) in [4.78, 5) is 2.37. The Bertz CT molecular complexity index is 401. The van der Waals surface area contributed by atoms with E-state index in [1.807, 2.05) is 12.1 Å². The summed E-state index contributed by atoms with van der Waals surface area (Å²) in [5, 5.41) is 9.57. The lowest BCUT2D eigenvalue weighted by Crippen LogP contribution is -2.36.